The first-order chi connectivity index (χ1) is 11.1. The van der Waals surface area contributed by atoms with E-state index in [1.165, 1.54) is 16.2 Å². The molecule has 0 radical (unpaired) electrons. The van der Waals surface area contributed by atoms with Gasteiger partial charge in [0.25, 0.3) is 5.91 Å². The molecule has 0 saturated heterocycles. The van der Waals surface area contributed by atoms with E-state index in [0.717, 1.165) is 22.6 Å². The van der Waals surface area contributed by atoms with Crippen molar-refractivity contribution in [2.24, 2.45) is 0 Å². The van der Waals surface area contributed by atoms with Gasteiger partial charge in [-0.3, -0.25) is 10.1 Å². The van der Waals surface area contributed by atoms with Crippen LogP contribution in [-0.4, -0.2) is 10.9 Å². The van der Waals surface area contributed by atoms with Crippen molar-refractivity contribution in [3.63, 3.8) is 0 Å². The van der Waals surface area contributed by atoms with Crippen LogP contribution in [0.5, 0.6) is 0 Å². The number of hydrogen-bond donors (Lipinski definition) is 1. The molecule has 0 saturated carbocycles. The lowest BCUT2D eigenvalue weighted by molar-refractivity contribution is 0.102. The predicted molar refractivity (Wildman–Crippen MR) is 98.9 cm³/mol. The molecule has 1 N–H and O–H groups in total. The first kappa shape index (κ1) is 16.2. The van der Waals surface area contributed by atoms with Crippen LogP contribution in [0.4, 0.5) is 5.13 Å². The Balaban J connectivity index is 1.80. The summed E-state index contributed by atoms with van der Waals surface area (Å²) in [6.45, 7) is 4.08. The van der Waals surface area contributed by atoms with Crippen LogP contribution in [0.3, 0.4) is 0 Å². The Morgan fingerprint density at radius 3 is 2.70 bits per heavy atom. The quantitative estimate of drug-likeness (QED) is 0.651. The number of halogens is 1. The summed E-state index contributed by atoms with van der Waals surface area (Å²) < 4.78 is 0. The predicted octanol–water partition coefficient (Wildman–Crippen LogP) is 5.65. The van der Waals surface area contributed by atoms with Gasteiger partial charge in [-0.25, -0.2) is 4.98 Å². The molecular formula is C17H15ClN2OS2. The lowest BCUT2D eigenvalue weighted by Crippen LogP contribution is -2.10. The van der Waals surface area contributed by atoms with Gasteiger partial charge in [-0.15, -0.1) is 22.7 Å². The fourth-order valence-electron chi connectivity index (χ4n) is 2.18. The molecule has 23 heavy (non-hydrogen) atoms. The van der Waals surface area contributed by atoms with Gasteiger partial charge in [0.2, 0.25) is 0 Å². The molecule has 0 spiro atoms. The Kier molecular flexibility index (Phi) is 4.80. The van der Waals surface area contributed by atoms with E-state index in [-0.39, 0.29) is 5.91 Å². The van der Waals surface area contributed by atoms with E-state index in [2.05, 4.69) is 17.2 Å². The zero-order chi connectivity index (χ0) is 16.4. The minimum absolute atomic E-state index is 0.114. The highest BCUT2D eigenvalue weighted by Gasteiger charge is 2.14. The van der Waals surface area contributed by atoms with Gasteiger partial charge in [-0.05, 0) is 31.5 Å². The summed E-state index contributed by atoms with van der Waals surface area (Å²) in [5.74, 6) is -0.114. The topological polar surface area (TPSA) is 42.0 Å². The van der Waals surface area contributed by atoms with Crippen molar-refractivity contribution < 1.29 is 4.79 Å². The summed E-state index contributed by atoms with van der Waals surface area (Å²) in [5, 5.41) is 6.08. The monoisotopic (exact) mass is 362 g/mol. The fourth-order valence-corrected chi connectivity index (χ4v) is 3.95. The number of anilines is 1. The van der Waals surface area contributed by atoms with E-state index in [4.69, 9.17) is 11.6 Å². The second-order valence-corrected chi connectivity index (χ2v) is 7.68. The average Bonchev–Trinajstić information content (AvgIpc) is 3.15. The maximum Gasteiger partial charge on any atom is 0.258 e. The van der Waals surface area contributed by atoms with Gasteiger partial charge in [0.1, 0.15) is 0 Å². The molecular weight excluding hydrogens is 348 g/mol. The van der Waals surface area contributed by atoms with Crippen molar-refractivity contribution in [2.45, 2.75) is 20.3 Å². The van der Waals surface area contributed by atoms with E-state index >= 15 is 0 Å². The number of thiazole rings is 1. The van der Waals surface area contributed by atoms with Crippen molar-refractivity contribution in [2.75, 3.05) is 5.32 Å². The summed E-state index contributed by atoms with van der Waals surface area (Å²) >= 11 is 9.00. The number of nitrogens with zero attached hydrogens (tertiary/aromatic N) is 1. The highest BCUT2D eigenvalue weighted by Crippen LogP contribution is 2.31. The molecule has 2 aromatic heterocycles. The number of carbonyl (C=O) groups is 1. The third kappa shape index (κ3) is 3.63. The standard InChI is InChI=1S/C17H15ClN2OS2/c1-3-14-8-12(9-22-14)16(21)20-17-19-15(10(2)23-17)11-4-6-13(18)7-5-11/h4-9H,3H2,1-2H3,(H,19,20,21). The van der Waals surface area contributed by atoms with Crippen molar-refractivity contribution in [3.8, 4) is 11.3 Å². The molecule has 0 bridgehead atoms. The lowest BCUT2D eigenvalue weighted by atomic mass is 10.1. The molecule has 0 aliphatic carbocycles. The number of benzene rings is 1. The normalized spacial score (nSPS) is 10.7. The number of thiophene rings is 1. The minimum atomic E-state index is -0.114. The van der Waals surface area contributed by atoms with E-state index in [1.807, 2.05) is 42.6 Å². The van der Waals surface area contributed by atoms with Gasteiger partial charge in [-0.1, -0.05) is 30.7 Å². The molecule has 3 aromatic rings. The zero-order valence-electron chi connectivity index (χ0n) is 12.7. The molecule has 0 atom stereocenters. The number of nitrogens with one attached hydrogen (secondary N) is 1. The molecule has 0 aliphatic heterocycles. The summed E-state index contributed by atoms with van der Waals surface area (Å²) in [5.41, 5.74) is 2.56. The molecule has 1 aromatic carbocycles. The van der Waals surface area contributed by atoms with Crippen LogP contribution in [0.1, 0.15) is 27.0 Å². The number of amides is 1. The number of aromatic nitrogens is 1. The third-order valence-electron chi connectivity index (χ3n) is 3.40. The molecule has 0 fully saturated rings. The van der Waals surface area contributed by atoms with Crippen molar-refractivity contribution in [3.05, 3.63) is 56.1 Å². The Hall–Kier alpha value is -1.69. The third-order valence-corrected chi connectivity index (χ3v) is 5.62. The molecule has 0 unspecified atom stereocenters. The molecule has 118 valence electrons. The Bertz CT molecular complexity index is 837. The minimum Gasteiger partial charge on any atom is -0.298 e. The SMILES string of the molecule is CCc1cc(C(=O)Nc2nc(-c3ccc(Cl)cc3)c(C)s2)cs1. The van der Waals surface area contributed by atoms with Gasteiger partial charge in [0, 0.05) is 25.7 Å². The summed E-state index contributed by atoms with van der Waals surface area (Å²) in [6, 6.07) is 9.47. The van der Waals surface area contributed by atoms with Crippen LogP contribution in [0.25, 0.3) is 11.3 Å². The van der Waals surface area contributed by atoms with Crippen LogP contribution in [0, 0.1) is 6.92 Å². The van der Waals surface area contributed by atoms with Crippen molar-refractivity contribution in [1.29, 1.82) is 0 Å². The molecule has 1 amide bonds. The first-order valence-electron chi connectivity index (χ1n) is 7.19. The highest BCUT2D eigenvalue weighted by atomic mass is 35.5. The van der Waals surface area contributed by atoms with Crippen molar-refractivity contribution in [1.82, 2.24) is 4.98 Å². The second kappa shape index (κ2) is 6.83. The van der Waals surface area contributed by atoms with Crippen LogP contribution < -0.4 is 5.32 Å². The van der Waals surface area contributed by atoms with Gasteiger partial charge >= 0.3 is 0 Å². The van der Waals surface area contributed by atoms with Gasteiger partial charge in [0.05, 0.1) is 11.3 Å². The number of rotatable bonds is 4. The number of aryl methyl sites for hydroxylation is 2. The maximum atomic E-state index is 12.3. The zero-order valence-corrected chi connectivity index (χ0v) is 15.1. The largest absolute Gasteiger partial charge is 0.298 e. The fraction of sp³-hybridized carbons (Fsp3) is 0.176. The van der Waals surface area contributed by atoms with E-state index in [0.29, 0.717) is 15.7 Å². The summed E-state index contributed by atoms with van der Waals surface area (Å²) in [4.78, 5) is 19.1. The maximum absolute atomic E-state index is 12.3. The highest BCUT2D eigenvalue weighted by molar-refractivity contribution is 7.16. The van der Waals surface area contributed by atoms with Crippen LogP contribution in [0.2, 0.25) is 5.02 Å². The van der Waals surface area contributed by atoms with Gasteiger partial charge in [0.15, 0.2) is 5.13 Å². The lowest BCUT2D eigenvalue weighted by Gasteiger charge is -1.99. The Morgan fingerprint density at radius 1 is 1.30 bits per heavy atom. The van der Waals surface area contributed by atoms with Gasteiger partial charge in [-0.2, -0.15) is 0 Å². The first-order valence-corrected chi connectivity index (χ1v) is 9.26. The number of carbonyl (C=O) groups excluding carboxylic acids is 1. The molecule has 6 heteroatoms. The van der Waals surface area contributed by atoms with Crippen LogP contribution in [0.15, 0.2) is 35.7 Å². The van der Waals surface area contributed by atoms with Gasteiger partial charge < -0.3 is 0 Å². The molecule has 0 aliphatic rings. The Labute approximate surface area is 148 Å². The van der Waals surface area contributed by atoms with Crippen LogP contribution in [-0.2, 0) is 6.42 Å². The smallest absolute Gasteiger partial charge is 0.258 e. The second-order valence-electron chi connectivity index (χ2n) is 5.04. The molecule has 2 heterocycles. The molecule has 3 rings (SSSR count). The number of hydrogen-bond acceptors (Lipinski definition) is 4. The van der Waals surface area contributed by atoms with E-state index in [1.54, 1.807) is 11.3 Å². The Morgan fingerprint density at radius 2 is 2.04 bits per heavy atom. The summed E-state index contributed by atoms with van der Waals surface area (Å²) in [7, 11) is 0. The van der Waals surface area contributed by atoms with E-state index in [9.17, 15) is 4.79 Å². The summed E-state index contributed by atoms with van der Waals surface area (Å²) in [6.07, 6.45) is 0.940. The molecule has 3 nitrogen and oxygen atoms in total. The van der Waals surface area contributed by atoms with E-state index < -0.39 is 0 Å². The van der Waals surface area contributed by atoms with Crippen molar-refractivity contribution >= 4 is 45.3 Å². The van der Waals surface area contributed by atoms with Crippen LogP contribution >= 0.6 is 34.3 Å². The average molecular weight is 363 g/mol.